The van der Waals surface area contributed by atoms with Crippen molar-refractivity contribution in [2.24, 2.45) is 0 Å². The molecule has 2 aliphatic rings. The lowest BCUT2D eigenvalue weighted by molar-refractivity contribution is -0.127. The Balaban J connectivity index is 2.25. The molecule has 1 aromatic carbocycles. The molecule has 6 heteroatoms. The number of carbonyl (C=O) groups excluding carboxylic acids is 1. The van der Waals surface area contributed by atoms with E-state index in [1.165, 1.54) is 4.90 Å². The van der Waals surface area contributed by atoms with Crippen LogP contribution < -0.4 is 9.80 Å². The van der Waals surface area contributed by atoms with Gasteiger partial charge in [0.05, 0.1) is 24.1 Å². The van der Waals surface area contributed by atoms with Gasteiger partial charge in [-0.05, 0) is 48.4 Å². The molecule has 1 amide bonds. The molecule has 0 spiro atoms. The number of hydrogen-bond donors (Lipinski definition) is 3. The van der Waals surface area contributed by atoms with Gasteiger partial charge in [-0.15, -0.1) is 0 Å². The molecule has 2 unspecified atom stereocenters. The van der Waals surface area contributed by atoms with E-state index in [9.17, 15) is 15.0 Å². The Morgan fingerprint density at radius 2 is 2.04 bits per heavy atom. The first-order valence-electron chi connectivity index (χ1n) is 8.38. The molecule has 3 rings (SSSR count). The second kappa shape index (κ2) is 5.72. The van der Waals surface area contributed by atoms with Crippen LogP contribution in [0.15, 0.2) is 6.07 Å². The van der Waals surface area contributed by atoms with Gasteiger partial charge in [0, 0.05) is 13.1 Å². The summed E-state index contributed by atoms with van der Waals surface area (Å²) in [4.78, 5) is 15.9. The number of rotatable bonds is 3. The zero-order valence-corrected chi connectivity index (χ0v) is 14.7. The summed E-state index contributed by atoms with van der Waals surface area (Å²) in [5.41, 5.74) is 4.90. The van der Waals surface area contributed by atoms with Crippen LogP contribution >= 0.6 is 0 Å². The van der Waals surface area contributed by atoms with E-state index in [0.717, 1.165) is 34.5 Å². The highest BCUT2D eigenvalue weighted by atomic mass is 16.3. The van der Waals surface area contributed by atoms with Crippen molar-refractivity contribution >= 4 is 17.3 Å². The number of β-amino-alcohol motifs (C(OH)–C–C–N with tert-alkyl or cyclic N) is 1. The Labute approximate surface area is 142 Å². The summed E-state index contributed by atoms with van der Waals surface area (Å²) in [5, 5.41) is 29.5. The zero-order chi connectivity index (χ0) is 17.8. The normalized spacial score (nSPS) is 23.3. The van der Waals surface area contributed by atoms with E-state index in [1.807, 2.05) is 13.0 Å². The van der Waals surface area contributed by atoms with Gasteiger partial charge in [0.15, 0.2) is 0 Å². The number of benzene rings is 1. The van der Waals surface area contributed by atoms with Crippen LogP contribution in [0.5, 0.6) is 0 Å². The molecule has 2 atom stereocenters. The number of aliphatic hydroxyl groups excluding tert-OH is 3. The van der Waals surface area contributed by atoms with E-state index < -0.39 is 18.9 Å². The van der Waals surface area contributed by atoms with Crippen molar-refractivity contribution in [3.8, 4) is 0 Å². The first-order valence-corrected chi connectivity index (χ1v) is 8.38. The van der Waals surface area contributed by atoms with E-state index >= 15 is 0 Å². The summed E-state index contributed by atoms with van der Waals surface area (Å²) in [5.74, 6) is -0.368. The zero-order valence-electron chi connectivity index (χ0n) is 14.7. The highest BCUT2D eigenvalue weighted by Crippen LogP contribution is 2.50. The molecule has 0 radical (unpaired) electrons. The van der Waals surface area contributed by atoms with Gasteiger partial charge in [0.1, 0.15) is 0 Å². The Bertz CT molecular complexity index is 686. The lowest BCUT2D eigenvalue weighted by Gasteiger charge is -2.48. The minimum absolute atomic E-state index is 0.00656. The van der Waals surface area contributed by atoms with Gasteiger partial charge < -0.3 is 25.1 Å². The Hall–Kier alpha value is -1.63. The number of nitrogens with zero attached hydrogens (tertiary/aromatic N) is 2. The predicted octanol–water partition coefficient (Wildman–Crippen LogP) is 0.809. The topological polar surface area (TPSA) is 84.2 Å². The van der Waals surface area contributed by atoms with Crippen LogP contribution in [-0.2, 0) is 10.2 Å². The fourth-order valence-electron chi connectivity index (χ4n) is 3.94. The molecule has 0 fully saturated rings. The molecule has 24 heavy (non-hydrogen) atoms. The molecule has 0 aromatic heterocycles. The van der Waals surface area contributed by atoms with Crippen LogP contribution in [0.4, 0.5) is 11.4 Å². The number of aryl methyl sites for hydroxylation is 1. The minimum atomic E-state index is -1.34. The van der Waals surface area contributed by atoms with Gasteiger partial charge in [-0.25, -0.2) is 0 Å². The van der Waals surface area contributed by atoms with Gasteiger partial charge in [-0.2, -0.15) is 0 Å². The molecule has 3 N–H and O–H groups in total. The summed E-state index contributed by atoms with van der Waals surface area (Å²) in [6.45, 7) is 8.60. The third-order valence-electron chi connectivity index (χ3n) is 5.42. The molecule has 132 valence electrons. The van der Waals surface area contributed by atoms with E-state index in [-0.39, 0.29) is 17.9 Å². The highest BCUT2D eigenvalue weighted by Gasteiger charge is 2.45. The molecule has 0 bridgehead atoms. The first kappa shape index (κ1) is 17.2. The van der Waals surface area contributed by atoms with Crippen molar-refractivity contribution in [3.63, 3.8) is 0 Å². The van der Waals surface area contributed by atoms with E-state index in [0.29, 0.717) is 6.54 Å². The number of hydrogen-bond acceptors (Lipinski definition) is 5. The van der Waals surface area contributed by atoms with Gasteiger partial charge in [-0.1, -0.05) is 13.8 Å². The van der Waals surface area contributed by atoms with Gasteiger partial charge in [-0.3, -0.25) is 4.79 Å². The molecule has 2 heterocycles. The van der Waals surface area contributed by atoms with Crippen LogP contribution in [0, 0.1) is 13.8 Å². The molecular weight excluding hydrogens is 308 g/mol. The van der Waals surface area contributed by atoms with Crippen LogP contribution in [0.1, 0.15) is 37.0 Å². The molecule has 2 aliphatic heterocycles. The summed E-state index contributed by atoms with van der Waals surface area (Å²) in [7, 11) is 0. The second-order valence-corrected chi connectivity index (χ2v) is 7.55. The van der Waals surface area contributed by atoms with E-state index in [1.54, 1.807) is 4.90 Å². The summed E-state index contributed by atoms with van der Waals surface area (Å²) in [6, 6.07) is 1.96. The largest absolute Gasteiger partial charge is 0.394 e. The van der Waals surface area contributed by atoms with Crippen molar-refractivity contribution in [2.75, 3.05) is 29.5 Å². The van der Waals surface area contributed by atoms with Crippen molar-refractivity contribution < 1.29 is 20.1 Å². The number of aliphatic hydroxyl groups is 3. The van der Waals surface area contributed by atoms with Gasteiger partial charge >= 0.3 is 0 Å². The Morgan fingerprint density at radius 1 is 1.38 bits per heavy atom. The lowest BCUT2D eigenvalue weighted by atomic mass is 9.73. The van der Waals surface area contributed by atoms with Gasteiger partial charge in [0.2, 0.25) is 6.23 Å². The molecule has 0 saturated carbocycles. The molecule has 0 saturated heterocycles. The first-order chi connectivity index (χ1) is 11.2. The van der Waals surface area contributed by atoms with Crippen molar-refractivity contribution in [1.82, 2.24) is 0 Å². The third-order valence-corrected chi connectivity index (χ3v) is 5.42. The highest BCUT2D eigenvalue weighted by molar-refractivity contribution is 6.06. The predicted molar refractivity (Wildman–Crippen MR) is 92.4 cm³/mol. The molecule has 1 aromatic rings. The minimum Gasteiger partial charge on any atom is -0.394 e. The summed E-state index contributed by atoms with van der Waals surface area (Å²) < 4.78 is 0. The quantitative estimate of drug-likeness (QED) is 0.762. The van der Waals surface area contributed by atoms with Crippen LogP contribution in [0.3, 0.4) is 0 Å². The average molecular weight is 334 g/mol. The number of carbonyl (C=O) groups is 1. The fraction of sp³-hybridized carbons (Fsp3) is 0.611. The van der Waals surface area contributed by atoms with Gasteiger partial charge in [0.25, 0.3) is 5.91 Å². The molecular formula is C18H26N2O4. The standard InChI is InChI=1S/C18H26N2O4/c1-10-7-13-15-14(11(10)2)18(3,4)5-6-19(15)16(23)17(24)20(13)8-12(22)9-21/h7,12,17,21-22,24H,5-6,8-9H2,1-4H3. The Kier molecular flexibility index (Phi) is 4.10. The summed E-state index contributed by atoms with van der Waals surface area (Å²) >= 11 is 0. The second-order valence-electron chi connectivity index (χ2n) is 7.55. The number of amides is 1. The molecule has 0 aliphatic carbocycles. The van der Waals surface area contributed by atoms with Crippen molar-refractivity contribution in [1.29, 1.82) is 0 Å². The maximum atomic E-state index is 12.7. The maximum absolute atomic E-state index is 12.7. The SMILES string of the molecule is Cc1cc2c3c(c1C)C(C)(C)CCN3C(=O)C(O)N2CC(O)CO. The molecule has 6 nitrogen and oxygen atoms in total. The number of anilines is 2. The average Bonchev–Trinajstić information content (AvgIpc) is 2.52. The maximum Gasteiger partial charge on any atom is 0.277 e. The van der Waals surface area contributed by atoms with Crippen molar-refractivity contribution in [2.45, 2.75) is 51.9 Å². The van der Waals surface area contributed by atoms with E-state index in [4.69, 9.17) is 5.11 Å². The van der Waals surface area contributed by atoms with E-state index in [2.05, 4.69) is 20.8 Å². The smallest absolute Gasteiger partial charge is 0.277 e. The lowest BCUT2D eigenvalue weighted by Crippen LogP contribution is -2.58. The summed E-state index contributed by atoms with van der Waals surface area (Å²) in [6.07, 6.45) is -1.52. The van der Waals surface area contributed by atoms with Crippen molar-refractivity contribution in [3.05, 3.63) is 22.8 Å². The monoisotopic (exact) mass is 334 g/mol. The fourth-order valence-corrected chi connectivity index (χ4v) is 3.94. The third kappa shape index (κ3) is 2.41. The Morgan fingerprint density at radius 3 is 2.67 bits per heavy atom. The van der Waals surface area contributed by atoms with Crippen LogP contribution in [-0.4, -0.2) is 53.3 Å². The van der Waals surface area contributed by atoms with Crippen LogP contribution in [0.2, 0.25) is 0 Å². The van der Waals surface area contributed by atoms with Crippen LogP contribution in [0.25, 0.3) is 0 Å².